The Bertz CT molecular complexity index is 386. The maximum absolute atomic E-state index is 12.2. The molecule has 14 heavy (non-hydrogen) atoms. The zero-order chi connectivity index (χ0) is 10.9. The molecule has 5 nitrogen and oxygen atoms in total. The lowest BCUT2D eigenvalue weighted by atomic mass is 10.2. The molecular formula is C6H3ClF2N2O3. The molecule has 0 unspecified atom stereocenters. The molecule has 1 heterocycles. The minimum Gasteiger partial charge on any atom is -0.501 e. The molecule has 0 aliphatic rings. The number of nitrogens with zero attached hydrogens (tertiary/aromatic N) is 2. The van der Waals surface area contributed by atoms with Gasteiger partial charge in [0, 0.05) is 0 Å². The molecule has 0 bridgehead atoms. The van der Waals surface area contributed by atoms with Crippen LogP contribution in [0.1, 0.15) is 12.0 Å². The Morgan fingerprint density at radius 3 is 2.64 bits per heavy atom. The highest BCUT2D eigenvalue weighted by Crippen LogP contribution is 2.38. The monoisotopic (exact) mass is 224 g/mol. The molecule has 1 rings (SSSR count). The SMILES string of the molecule is O=[N+]([O-])c1ncc(Cl)c(C(F)F)c1O. The summed E-state index contributed by atoms with van der Waals surface area (Å²) in [6.07, 6.45) is -2.40. The molecule has 0 fully saturated rings. The highest BCUT2D eigenvalue weighted by Gasteiger charge is 2.27. The first-order valence-corrected chi connectivity index (χ1v) is 3.62. The Balaban J connectivity index is 3.41. The first kappa shape index (κ1) is 10.6. The molecule has 0 amide bonds. The zero-order valence-corrected chi connectivity index (χ0v) is 7.20. The quantitative estimate of drug-likeness (QED) is 0.618. The topological polar surface area (TPSA) is 76.3 Å². The third kappa shape index (κ3) is 1.72. The van der Waals surface area contributed by atoms with Gasteiger partial charge in [0.2, 0.25) is 5.75 Å². The van der Waals surface area contributed by atoms with E-state index in [4.69, 9.17) is 16.7 Å². The summed E-state index contributed by atoms with van der Waals surface area (Å²) in [6, 6.07) is 0. The lowest BCUT2D eigenvalue weighted by molar-refractivity contribution is -0.390. The van der Waals surface area contributed by atoms with E-state index in [2.05, 4.69) is 4.98 Å². The number of nitro groups is 1. The van der Waals surface area contributed by atoms with Crippen molar-refractivity contribution >= 4 is 17.4 Å². The minimum absolute atomic E-state index is 0.511. The van der Waals surface area contributed by atoms with Crippen molar-refractivity contribution in [1.82, 2.24) is 4.98 Å². The van der Waals surface area contributed by atoms with Gasteiger partial charge in [0.05, 0.1) is 10.6 Å². The first-order chi connectivity index (χ1) is 6.45. The molecule has 0 spiro atoms. The normalized spacial score (nSPS) is 10.6. The number of aromatic nitrogens is 1. The van der Waals surface area contributed by atoms with Crippen molar-refractivity contribution in [2.45, 2.75) is 6.43 Å². The maximum Gasteiger partial charge on any atom is 0.406 e. The van der Waals surface area contributed by atoms with Gasteiger partial charge in [-0.3, -0.25) is 0 Å². The van der Waals surface area contributed by atoms with Crippen LogP contribution in [0, 0.1) is 10.1 Å². The zero-order valence-electron chi connectivity index (χ0n) is 6.45. The van der Waals surface area contributed by atoms with Gasteiger partial charge in [-0.2, -0.15) is 0 Å². The largest absolute Gasteiger partial charge is 0.501 e. The predicted octanol–water partition coefficient (Wildman–Crippen LogP) is 2.29. The van der Waals surface area contributed by atoms with Crippen LogP contribution in [-0.4, -0.2) is 15.0 Å². The Morgan fingerprint density at radius 1 is 1.64 bits per heavy atom. The number of halogens is 3. The van der Waals surface area contributed by atoms with Gasteiger partial charge in [-0.05, 0) is 9.91 Å². The van der Waals surface area contributed by atoms with Gasteiger partial charge in [-0.15, -0.1) is 0 Å². The Hall–Kier alpha value is -1.50. The second-order valence-electron chi connectivity index (χ2n) is 2.25. The first-order valence-electron chi connectivity index (χ1n) is 3.25. The summed E-state index contributed by atoms with van der Waals surface area (Å²) in [4.78, 5) is 12.2. The fourth-order valence-corrected chi connectivity index (χ4v) is 1.04. The summed E-state index contributed by atoms with van der Waals surface area (Å²) >= 11 is 5.28. The number of aromatic hydroxyl groups is 1. The molecule has 0 saturated heterocycles. The molecule has 0 aliphatic heterocycles. The van der Waals surface area contributed by atoms with E-state index in [-0.39, 0.29) is 0 Å². The third-order valence-electron chi connectivity index (χ3n) is 1.42. The Kier molecular flexibility index (Phi) is 2.80. The van der Waals surface area contributed by atoms with Gasteiger partial charge < -0.3 is 15.2 Å². The maximum atomic E-state index is 12.2. The van der Waals surface area contributed by atoms with Crippen LogP contribution in [-0.2, 0) is 0 Å². The molecular weight excluding hydrogens is 222 g/mol. The third-order valence-corrected chi connectivity index (χ3v) is 1.72. The predicted molar refractivity (Wildman–Crippen MR) is 42.5 cm³/mol. The molecule has 1 aromatic rings. The van der Waals surface area contributed by atoms with Crippen LogP contribution >= 0.6 is 11.6 Å². The summed E-state index contributed by atoms with van der Waals surface area (Å²) in [5.74, 6) is -2.23. The van der Waals surface area contributed by atoms with Crippen LogP contribution in [0.25, 0.3) is 0 Å². The van der Waals surface area contributed by atoms with E-state index in [1.807, 2.05) is 0 Å². The molecule has 1 N–H and O–H groups in total. The van der Waals surface area contributed by atoms with Crippen LogP contribution in [0.15, 0.2) is 6.20 Å². The van der Waals surface area contributed by atoms with Crippen molar-refractivity contribution in [3.05, 3.63) is 26.9 Å². The molecule has 0 aliphatic carbocycles. The van der Waals surface area contributed by atoms with Crippen molar-refractivity contribution < 1.29 is 18.8 Å². The average Bonchev–Trinajstić information content (AvgIpc) is 2.02. The molecule has 0 atom stereocenters. The fraction of sp³-hybridized carbons (Fsp3) is 0.167. The molecule has 0 radical (unpaired) electrons. The van der Waals surface area contributed by atoms with Crippen molar-refractivity contribution in [1.29, 1.82) is 0 Å². The van der Waals surface area contributed by atoms with Gasteiger partial charge in [-0.25, -0.2) is 8.78 Å². The van der Waals surface area contributed by atoms with Crippen molar-refractivity contribution in [2.24, 2.45) is 0 Å². The second kappa shape index (κ2) is 3.70. The molecule has 0 aromatic carbocycles. The van der Waals surface area contributed by atoms with E-state index in [0.717, 1.165) is 0 Å². The van der Waals surface area contributed by atoms with Gasteiger partial charge in [0.25, 0.3) is 6.43 Å². The number of hydrogen-bond acceptors (Lipinski definition) is 4. The lowest BCUT2D eigenvalue weighted by Gasteiger charge is -2.03. The number of rotatable bonds is 2. The van der Waals surface area contributed by atoms with E-state index in [1.54, 1.807) is 0 Å². The summed E-state index contributed by atoms with van der Waals surface area (Å²) in [5, 5.41) is 18.7. The minimum atomic E-state index is -3.09. The van der Waals surface area contributed by atoms with Crippen LogP contribution in [0.4, 0.5) is 14.6 Å². The van der Waals surface area contributed by atoms with Crippen LogP contribution in [0.5, 0.6) is 5.75 Å². The lowest BCUT2D eigenvalue weighted by Crippen LogP contribution is -1.97. The van der Waals surface area contributed by atoms with Crippen LogP contribution < -0.4 is 0 Å². The molecule has 1 aromatic heterocycles. The molecule has 8 heteroatoms. The van der Waals surface area contributed by atoms with Gasteiger partial charge >= 0.3 is 5.82 Å². The van der Waals surface area contributed by atoms with E-state index in [9.17, 15) is 18.9 Å². The highest BCUT2D eigenvalue weighted by atomic mass is 35.5. The van der Waals surface area contributed by atoms with Crippen molar-refractivity contribution in [3.63, 3.8) is 0 Å². The smallest absolute Gasteiger partial charge is 0.406 e. The molecule has 0 saturated carbocycles. The Morgan fingerprint density at radius 2 is 2.21 bits per heavy atom. The highest BCUT2D eigenvalue weighted by molar-refractivity contribution is 6.31. The number of alkyl halides is 2. The van der Waals surface area contributed by atoms with Gasteiger partial charge in [0.1, 0.15) is 0 Å². The van der Waals surface area contributed by atoms with Gasteiger partial charge in [-0.1, -0.05) is 11.6 Å². The Labute approximate surface area is 81.1 Å². The van der Waals surface area contributed by atoms with Crippen LogP contribution in [0.3, 0.4) is 0 Å². The van der Waals surface area contributed by atoms with Gasteiger partial charge in [0.15, 0.2) is 6.20 Å². The van der Waals surface area contributed by atoms with Crippen LogP contribution in [0.2, 0.25) is 5.02 Å². The molecule has 76 valence electrons. The van der Waals surface area contributed by atoms with E-state index in [1.165, 1.54) is 0 Å². The summed E-state index contributed by atoms with van der Waals surface area (Å²) in [5.41, 5.74) is -0.978. The fourth-order valence-electron chi connectivity index (χ4n) is 0.823. The summed E-state index contributed by atoms with van der Waals surface area (Å²) in [6.45, 7) is 0. The number of hydrogen-bond donors (Lipinski definition) is 1. The summed E-state index contributed by atoms with van der Waals surface area (Å²) in [7, 11) is 0. The van der Waals surface area contributed by atoms with Crippen molar-refractivity contribution in [3.8, 4) is 5.75 Å². The summed E-state index contributed by atoms with van der Waals surface area (Å²) < 4.78 is 24.5. The second-order valence-corrected chi connectivity index (χ2v) is 2.66. The van der Waals surface area contributed by atoms with E-state index >= 15 is 0 Å². The van der Waals surface area contributed by atoms with E-state index < -0.39 is 33.5 Å². The number of pyridine rings is 1. The standard InChI is InChI=1S/C6H3ClF2N2O3/c7-2-1-10-6(11(13)14)4(12)3(2)5(8)9/h1,5,12H. The average molecular weight is 225 g/mol. The van der Waals surface area contributed by atoms with Crippen molar-refractivity contribution in [2.75, 3.05) is 0 Å². The van der Waals surface area contributed by atoms with E-state index in [0.29, 0.717) is 6.20 Å².